The van der Waals surface area contributed by atoms with Gasteiger partial charge in [-0.05, 0) is 32.6 Å². The van der Waals surface area contributed by atoms with Crippen molar-refractivity contribution >= 4 is 11.9 Å². The molecule has 0 heterocycles. The van der Waals surface area contributed by atoms with Crippen molar-refractivity contribution in [3.8, 4) is 0 Å². The number of aliphatic carboxylic acids is 2. The van der Waals surface area contributed by atoms with Gasteiger partial charge in [-0.1, -0.05) is 13.0 Å². The summed E-state index contributed by atoms with van der Waals surface area (Å²) in [5.41, 5.74) is 0.318. The van der Waals surface area contributed by atoms with Gasteiger partial charge in [-0.25, -0.2) is 4.79 Å². The highest BCUT2D eigenvalue weighted by Crippen LogP contribution is 2.13. The van der Waals surface area contributed by atoms with Crippen LogP contribution in [0.2, 0.25) is 0 Å². The minimum atomic E-state index is -0.916. The van der Waals surface area contributed by atoms with E-state index in [2.05, 4.69) is 0 Å². The van der Waals surface area contributed by atoms with Crippen molar-refractivity contribution in [1.82, 2.24) is 0 Å². The van der Waals surface area contributed by atoms with Gasteiger partial charge in [-0.15, -0.1) is 0 Å². The maximum atomic E-state index is 10.7. The fourth-order valence-corrected chi connectivity index (χ4v) is 1.27. The van der Waals surface area contributed by atoms with E-state index in [-0.39, 0.29) is 5.92 Å². The molecule has 0 spiro atoms. The highest BCUT2D eigenvalue weighted by molar-refractivity contribution is 5.85. The molecule has 0 fully saturated rings. The number of carbonyl (C=O) groups is 2. The van der Waals surface area contributed by atoms with Crippen LogP contribution < -0.4 is 0 Å². The number of hydrogen-bond donors (Lipinski definition) is 2. The van der Waals surface area contributed by atoms with Gasteiger partial charge in [0, 0.05) is 5.57 Å². The second-order valence-electron chi connectivity index (χ2n) is 3.57. The summed E-state index contributed by atoms with van der Waals surface area (Å²) in [5, 5.41) is 17.3. The smallest absolute Gasteiger partial charge is 0.330 e. The molecule has 0 bridgehead atoms. The lowest BCUT2D eigenvalue weighted by molar-refractivity contribution is -0.142. The molecular weight excluding hydrogens is 196 g/mol. The van der Waals surface area contributed by atoms with Crippen LogP contribution in [0.15, 0.2) is 11.6 Å². The van der Waals surface area contributed by atoms with Crippen molar-refractivity contribution < 1.29 is 19.8 Å². The lowest BCUT2D eigenvalue weighted by Gasteiger charge is -2.07. The number of unbranched alkanes of at least 4 members (excludes halogenated alkanes) is 1. The number of carboxylic acid groups (broad SMARTS) is 2. The van der Waals surface area contributed by atoms with Crippen molar-refractivity contribution in [1.29, 1.82) is 0 Å². The molecule has 0 saturated carbocycles. The van der Waals surface area contributed by atoms with E-state index >= 15 is 0 Å². The van der Waals surface area contributed by atoms with Crippen molar-refractivity contribution in [2.24, 2.45) is 5.92 Å². The van der Waals surface area contributed by atoms with Crippen LogP contribution >= 0.6 is 0 Å². The van der Waals surface area contributed by atoms with E-state index in [1.807, 2.05) is 6.92 Å². The summed E-state index contributed by atoms with van der Waals surface area (Å²) >= 11 is 0. The maximum Gasteiger partial charge on any atom is 0.330 e. The van der Waals surface area contributed by atoms with E-state index in [0.29, 0.717) is 24.8 Å². The highest BCUT2D eigenvalue weighted by atomic mass is 16.4. The fraction of sp³-hybridized carbons (Fsp3) is 0.636. The SMILES string of the molecule is CCC(CCCC=C(C)C(=O)O)C(=O)O. The molecule has 0 aliphatic rings. The van der Waals surface area contributed by atoms with Gasteiger partial charge in [0.25, 0.3) is 0 Å². The highest BCUT2D eigenvalue weighted by Gasteiger charge is 2.13. The zero-order chi connectivity index (χ0) is 11.8. The van der Waals surface area contributed by atoms with Gasteiger partial charge in [0.1, 0.15) is 0 Å². The van der Waals surface area contributed by atoms with Gasteiger partial charge in [0.2, 0.25) is 0 Å². The van der Waals surface area contributed by atoms with E-state index in [1.54, 1.807) is 6.08 Å². The molecule has 0 rings (SSSR count). The first kappa shape index (κ1) is 13.7. The quantitative estimate of drug-likeness (QED) is 0.503. The third kappa shape index (κ3) is 5.88. The largest absolute Gasteiger partial charge is 0.481 e. The molecule has 4 nitrogen and oxygen atoms in total. The van der Waals surface area contributed by atoms with E-state index < -0.39 is 11.9 Å². The molecule has 0 aromatic heterocycles. The predicted octanol–water partition coefficient (Wildman–Crippen LogP) is 2.30. The van der Waals surface area contributed by atoms with Crippen molar-refractivity contribution in [2.75, 3.05) is 0 Å². The Balaban J connectivity index is 3.84. The minimum absolute atomic E-state index is 0.302. The fourth-order valence-electron chi connectivity index (χ4n) is 1.27. The normalized spacial score (nSPS) is 13.6. The molecule has 86 valence electrons. The maximum absolute atomic E-state index is 10.7. The zero-order valence-corrected chi connectivity index (χ0v) is 9.19. The van der Waals surface area contributed by atoms with Crippen molar-refractivity contribution in [2.45, 2.75) is 39.5 Å². The van der Waals surface area contributed by atoms with Crippen molar-refractivity contribution in [3.63, 3.8) is 0 Å². The molecule has 0 radical (unpaired) electrons. The van der Waals surface area contributed by atoms with E-state index in [0.717, 1.165) is 6.42 Å². The van der Waals surface area contributed by atoms with Gasteiger partial charge >= 0.3 is 11.9 Å². The van der Waals surface area contributed by atoms with Crippen molar-refractivity contribution in [3.05, 3.63) is 11.6 Å². The Morgan fingerprint density at radius 2 is 1.93 bits per heavy atom. The first-order valence-corrected chi connectivity index (χ1v) is 5.11. The third-order valence-electron chi connectivity index (χ3n) is 2.39. The van der Waals surface area contributed by atoms with Crippen LogP contribution in [0.4, 0.5) is 0 Å². The first-order chi connectivity index (χ1) is 6.99. The van der Waals surface area contributed by atoms with Crippen LogP contribution in [0.5, 0.6) is 0 Å². The molecule has 0 aliphatic carbocycles. The second kappa shape index (κ2) is 7.04. The summed E-state index contributed by atoms with van der Waals surface area (Å²) in [6.07, 6.45) is 4.21. The monoisotopic (exact) mass is 214 g/mol. The molecule has 0 aromatic rings. The van der Waals surface area contributed by atoms with Gasteiger partial charge < -0.3 is 10.2 Å². The van der Waals surface area contributed by atoms with Gasteiger partial charge in [-0.3, -0.25) is 4.79 Å². The van der Waals surface area contributed by atoms with E-state index in [9.17, 15) is 9.59 Å². The average Bonchev–Trinajstić information content (AvgIpc) is 2.16. The average molecular weight is 214 g/mol. The zero-order valence-electron chi connectivity index (χ0n) is 9.19. The van der Waals surface area contributed by atoms with Gasteiger partial charge in [0.15, 0.2) is 0 Å². The summed E-state index contributed by atoms with van der Waals surface area (Å²) < 4.78 is 0. The second-order valence-corrected chi connectivity index (χ2v) is 3.57. The van der Waals surface area contributed by atoms with Crippen LogP contribution in [-0.4, -0.2) is 22.2 Å². The van der Waals surface area contributed by atoms with Crippen LogP contribution in [0.25, 0.3) is 0 Å². The molecule has 1 atom stereocenters. The Kier molecular flexibility index (Phi) is 6.42. The molecule has 0 saturated heterocycles. The summed E-state index contributed by atoms with van der Waals surface area (Å²) in [6.45, 7) is 3.38. The Morgan fingerprint density at radius 1 is 1.33 bits per heavy atom. The van der Waals surface area contributed by atoms with Crippen LogP contribution in [-0.2, 0) is 9.59 Å². The predicted molar refractivity (Wildman–Crippen MR) is 56.7 cm³/mol. The number of rotatable bonds is 7. The summed E-state index contributed by atoms with van der Waals surface area (Å²) in [4.78, 5) is 21.1. The molecule has 0 amide bonds. The molecule has 0 aromatic carbocycles. The molecule has 15 heavy (non-hydrogen) atoms. The Bertz CT molecular complexity index is 255. The summed E-state index contributed by atoms with van der Waals surface area (Å²) in [6, 6.07) is 0. The first-order valence-electron chi connectivity index (χ1n) is 5.11. The molecule has 0 aliphatic heterocycles. The lowest BCUT2D eigenvalue weighted by atomic mass is 9.99. The van der Waals surface area contributed by atoms with Gasteiger partial charge in [-0.2, -0.15) is 0 Å². The summed E-state index contributed by atoms with van der Waals surface area (Å²) in [5.74, 6) is -1.99. The molecule has 4 heteroatoms. The topological polar surface area (TPSA) is 74.6 Å². The number of allylic oxidation sites excluding steroid dienone is 1. The Hall–Kier alpha value is -1.32. The van der Waals surface area contributed by atoms with E-state index in [4.69, 9.17) is 10.2 Å². The Labute approximate surface area is 89.6 Å². The number of carboxylic acids is 2. The van der Waals surface area contributed by atoms with Crippen LogP contribution in [0.3, 0.4) is 0 Å². The van der Waals surface area contributed by atoms with Crippen LogP contribution in [0, 0.1) is 5.92 Å². The molecule has 1 unspecified atom stereocenters. The Morgan fingerprint density at radius 3 is 2.33 bits per heavy atom. The van der Waals surface area contributed by atoms with E-state index in [1.165, 1.54) is 6.92 Å². The van der Waals surface area contributed by atoms with Crippen LogP contribution in [0.1, 0.15) is 39.5 Å². The third-order valence-corrected chi connectivity index (χ3v) is 2.39. The minimum Gasteiger partial charge on any atom is -0.481 e. The molecule has 2 N–H and O–H groups in total. The van der Waals surface area contributed by atoms with Gasteiger partial charge in [0.05, 0.1) is 5.92 Å². The lowest BCUT2D eigenvalue weighted by Crippen LogP contribution is -2.12. The summed E-state index contributed by atoms with van der Waals surface area (Å²) in [7, 11) is 0. The number of hydrogen-bond acceptors (Lipinski definition) is 2. The molecular formula is C11H18O4. The standard InChI is InChI=1S/C11H18O4/c1-3-9(11(14)15)7-5-4-6-8(2)10(12)13/h6,9H,3-5,7H2,1-2H3,(H,12,13)(H,14,15).